The fourth-order valence-corrected chi connectivity index (χ4v) is 3.85. The number of benzene rings is 2. The maximum Gasteiger partial charge on any atom is 0.241 e. The summed E-state index contributed by atoms with van der Waals surface area (Å²) in [6.45, 7) is 12.7. The van der Waals surface area contributed by atoms with Crippen LogP contribution in [0, 0.1) is 20.8 Å². The lowest BCUT2D eigenvalue weighted by molar-refractivity contribution is -0.121. The van der Waals surface area contributed by atoms with Gasteiger partial charge in [-0.2, -0.15) is 0 Å². The van der Waals surface area contributed by atoms with E-state index in [1.807, 2.05) is 39.0 Å². The van der Waals surface area contributed by atoms with Crippen LogP contribution in [0.3, 0.4) is 0 Å². The van der Waals surface area contributed by atoms with E-state index < -0.39 is 0 Å². The van der Waals surface area contributed by atoms with Crippen molar-refractivity contribution in [3.05, 3.63) is 58.7 Å². The average molecular weight is 396 g/mol. The molecule has 0 bridgehead atoms. The molecule has 0 unspecified atom stereocenters. The van der Waals surface area contributed by atoms with E-state index in [0.717, 1.165) is 55.3 Å². The smallest absolute Gasteiger partial charge is 0.241 e. The van der Waals surface area contributed by atoms with Gasteiger partial charge in [-0.1, -0.05) is 29.8 Å². The summed E-state index contributed by atoms with van der Waals surface area (Å²) in [5.41, 5.74) is 5.62. The van der Waals surface area contributed by atoms with Gasteiger partial charge in [-0.25, -0.2) is 0 Å². The molecule has 156 valence electrons. The minimum Gasteiger partial charge on any atom is -0.496 e. The second-order valence-electron chi connectivity index (χ2n) is 8.11. The number of nitrogens with one attached hydrogen (secondary N) is 1. The summed E-state index contributed by atoms with van der Waals surface area (Å²) in [5.74, 6) is 1.01. The number of amides is 1. The zero-order valence-corrected chi connectivity index (χ0v) is 18.3. The summed E-state index contributed by atoms with van der Waals surface area (Å²) >= 11 is 0. The van der Waals surface area contributed by atoms with Crippen molar-refractivity contribution in [2.24, 2.45) is 0 Å². The number of rotatable bonds is 6. The molecule has 1 aliphatic heterocycles. The first-order valence-electron chi connectivity index (χ1n) is 10.4. The molecule has 0 aliphatic carbocycles. The van der Waals surface area contributed by atoms with E-state index in [9.17, 15) is 4.79 Å². The van der Waals surface area contributed by atoms with Gasteiger partial charge in [0.1, 0.15) is 5.75 Å². The Morgan fingerprint density at radius 2 is 1.69 bits per heavy atom. The quantitative estimate of drug-likeness (QED) is 0.809. The first-order chi connectivity index (χ1) is 13.9. The van der Waals surface area contributed by atoms with Crippen LogP contribution >= 0.6 is 0 Å². The minimum absolute atomic E-state index is 0.0625. The first-order valence-corrected chi connectivity index (χ1v) is 10.4. The summed E-state index contributed by atoms with van der Waals surface area (Å²) in [4.78, 5) is 17.5. The summed E-state index contributed by atoms with van der Waals surface area (Å²) in [6.07, 6.45) is 0. The van der Waals surface area contributed by atoms with Crippen molar-refractivity contribution in [3.8, 4) is 5.75 Å². The maximum absolute atomic E-state index is 12.8. The molecule has 29 heavy (non-hydrogen) atoms. The number of hydrogen-bond acceptors (Lipinski definition) is 4. The zero-order chi connectivity index (χ0) is 21.0. The number of methoxy groups -OCH3 is 1. The average Bonchev–Trinajstić information content (AvgIpc) is 2.71. The van der Waals surface area contributed by atoms with E-state index in [4.69, 9.17) is 4.74 Å². The highest BCUT2D eigenvalue weighted by atomic mass is 16.5. The highest BCUT2D eigenvalue weighted by Gasteiger charge is 2.26. The Labute approximate surface area is 174 Å². The van der Waals surface area contributed by atoms with Crippen molar-refractivity contribution in [1.29, 1.82) is 0 Å². The molecule has 1 heterocycles. The topological polar surface area (TPSA) is 44.8 Å². The van der Waals surface area contributed by atoms with Crippen LogP contribution in [0.2, 0.25) is 0 Å². The number of anilines is 1. The SMILES string of the molecule is COc1ccc(C)cc1CN1CCN([C@@H](C)C(=O)Nc2cc(C)ccc2C)CC1. The van der Waals surface area contributed by atoms with Gasteiger partial charge < -0.3 is 10.1 Å². The Morgan fingerprint density at radius 3 is 2.38 bits per heavy atom. The molecule has 0 spiro atoms. The van der Waals surface area contributed by atoms with Crippen molar-refractivity contribution in [2.75, 3.05) is 38.6 Å². The highest BCUT2D eigenvalue weighted by molar-refractivity contribution is 5.95. The van der Waals surface area contributed by atoms with Crippen molar-refractivity contribution >= 4 is 11.6 Å². The molecule has 0 saturated carbocycles. The second-order valence-corrected chi connectivity index (χ2v) is 8.11. The predicted octanol–water partition coefficient (Wildman–Crippen LogP) is 3.77. The molecule has 5 heteroatoms. The summed E-state index contributed by atoms with van der Waals surface area (Å²) in [7, 11) is 1.72. The Bertz CT molecular complexity index is 857. The lowest BCUT2D eigenvalue weighted by Gasteiger charge is -2.37. The van der Waals surface area contributed by atoms with E-state index in [-0.39, 0.29) is 11.9 Å². The lowest BCUT2D eigenvalue weighted by Crippen LogP contribution is -2.52. The van der Waals surface area contributed by atoms with Crippen LogP contribution in [0.4, 0.5) is 5.69 Å². The van der Waals surface area contributed by atoms with Crippen molar-refractivity contribution in [1.82, 2.24) is 9.80 Å². The van der Waals surface area contributed by atoms with Crippen molar-refractivity contribution < 1.29 is 9.53 Å². The summed E-state index contributed by atoms with van der Waals surface area (Å²) < 4.78 is 5.52. The Hall–Kier alpha value is -2.37. The van der Waals surface area contributed by atoms with Gasteiger partial charge in [0.2, 0.25) is 5.91 Å². The molecule has 1 N–H and O–H groups in total. The van der Waals surface area contributed by atoms with Crippen LogP contribution in [0.15, 0.2) is 36.4 Å². The molecule has 5 nitrogen and oxygen atoms in total. The third kappa shape index (κ3) is 5.37. The largest absolute Gasteiger partial charge is 0.496 e. The van der Waals surface area contributed by atoms with Gasteiger partial charge in [0.25, 0.3) is 0 Å². The number of hydrogen-bond donors (Lipinski definition) is 1. The number of carbonyl (C=O) groups excluding carboxylic acids is 1. The molecule has 3 rings (SSSR count). The predicted molar refractivity (Wildman–Crippen MR) is 119 cm³/mol. The minimum atomic E-state index is -0.148. The fourth-order valence-electron chi connectivity index (χ4n) is 3.85. The van der Waals surface area contributed by atoms with Crippen LogP contribution < -0.4 is 10.1 Å². The fraction of sp³-hybridized carbons (Fsp3) is 0.458. The molecular weight excluding hydrogens is 362 g/mol. The molecule has 1 aliphatic rings. The zero-order valence-electron chi connectivity index (χ0n) is 18.3. The number of carbonyl (C=O) groups is 1. The maximum atomic E-state index is 12.8. The molecule has 1 amide bonds. The van der Waals surface area contributed by atoms with Gasteiger partial charge in [0.05, 0.1) is 13.2 Å². The van der Waals surface area contributed by atoms with Gasteiger partial charge in [-0.3, -0.25) is 14.6 Å². The number of ether oxygens (including phenoxy) is 1. The van der Waals surface area contributed by atoms with Crippen LogP contribution in [0.1, 0.15) is 29.2 Å². The van der Waals surface area contributed by atoms with Crippen LogP contribution in [-0.4, -0.2) is 55.0 Å². The Morgan fingerprint density at radius 1 is 1.03 bits per heavy atom. The molecule has 1 fully saturated rings. The van der Waals surface area contributed by atoms with Crippen LogP contribution in [-0.2, 0) is 11.3 Å². The molecular formula is C24H33N3O2. The lowest BCUT2D eigenvalue weighted by atomic mass is 10.1. The molecule has 2 aromatic carbocycles. The molecule has 1 saturated heterocycles. The van der Waals surface area contributed by atoms with Gasteiger partial charge >= 0.3 is 0 Å². The number of piperazine rings is 1. The number of nitrogens with zero attached hydrogens (tertiary/aromatic N) is 2. The third-order valence-corrected chi connectivity index (χ3v) is 5.81. The van der Waals surface area contributed by atoms with E-state index in [2.05, 4.69) is 40.2 Å². The van der Waals surface area contributed by atoms with E-state index in [1.165, 1.54) is 11.1 Å². The molecule has 0 aromatic heterocycles. The van der Waals surface area contributed by atoms with Crippen molar-refractivity contribution in [2.45, 2.75) is 40.3 Å². The van der Waals surface area contributed by atoms with Crippen LogP contribution in [0.5, 0.6) is 5.75 Å². The van der Waals surface area contributed by atoms with E-state index in [0.29, 0.717) is 0 Å². The van der Waals surface area contributed by atoms with Crippen LogP contribution in [0.25, 0.3) is 0 Å². The van der Waals surface area contributed by atoms with Gasteiger partial charge in [-0.05, 0) is 51.0 Å². The van der Waals surface area contributed by atoms with E-state index in [1.54, 1.807) is 7.11 Å². The normalized spacial score (nSPS) is 16.4. The van der Waals surface area contributed by atoms with Gasteiger partial charge in [0, 0.05) is 44.0 Å². The third-order valence-electron chi connectivity index (χ3n) is 5.81. The highest BCUT2D eigenvalue weighted by Crippen LogP contribution is 2.22. The second kappa shape index (κ2) is 9.42. The van der Waals surface area contributed by atoms with Crippen molar-refractivity contribution in [3.63, 3.8) is 0 Å². The molecule has 1 atom stereocenters. The Kier molecular flexibility index (Phi) is 6.93. The van der Waals surface area contributed by atoms with E-state index >= 15 is 0 Å². The molecule has 0 radical (unpaired) electrons. The first kappa shape index (κ1) is 21.3. The summed E-state index contributed by atoms with van der Waals surface area (Å²) in [6, 6.07) is 12.3. The molecule has 2 aromatic rings. The van der Waals surface area contributed by atoms with Gasteiger partial charge in [-0.15, -0.1) is 0 Å². The Balaban J connectivity index is 1.55. The monoisotopic (exact) mass is 395 g/mol. The number of aryl methyl sites for hydroxylation is 3. The standard InChI is InChI=1S/C24H33N3O2/c1-17-7-9-23(29-5)21(14-17)16-26-10-12-27(13-11-26)20(4)24(28)25-22-15-18(2)6-8-19(22)3/h6-9,14-15,20H,10-13,16H2,1-5H3,(H,25,28)/t20-/m0/s1. The summed E-state index contributed by atoms with van der Waals surface area (Å²) in [5, 5.41) is 3.11. The van der Waals surface area contributed by atoms with Gasteiger partial charge in [0.15, 0.2) is 0 Å².